The van der Waals surface area contributed by atoms with Crippen LogP contribution in [0.25, 0.3) is 33.2 Å². The number of aromatic nitrogens is 6. The zero-order chi connectivity index (χ0) is 19.8. The third-order valence-electron chi connectivity index (χ3n) is 4.82. The molecule has 8 heteroatoms. The van der Waals surface area contributed by atoms with Crippen LogP contribution in [0.15, 0.2) is 61.2 Å². The van der Waals surface area contributed by atoms with Crippen LogP contribution >= 0.6 is 0 Å². The molecule has 2 aromatic carbocycles. The second kappa shape index (κ2) is 6.90. The monoisotopic (exact) mass is 385 g/mol. The molecule has 0 spiro atoms. The van der Waals surface area contributed by atoms with E-state index in [4.69, 9.17) is 0 Å². The summed E-state index contributed by atoms with van der Waals surface area (Å²) in [5, 5.41) is 11.8. The molecule has 5 rings (SSSR count). The molecule has 1 atom stereocenters. The summed E-state index contributed by atoms with van der Waals surface area (Å²) >= 11 is 0. The number of aromatic amines is 1. The average Bonchev–Trinajstić information content (AvgIpc) is 3.22. The molecule has 29 heavy (non-hydrogen) atoms. The second-order valence-electron chi connectivity index (χ2n) is 6.71. The highest BCUT2D eigenvalue weighted by Gasteiger charge is 2.13. The lowest BCUT2D eigenvalue weighted by molar-refractivity contribution is 0.599. The molecule has 5 aromatic rings. The number of halogens is 1. The Hall–Kier alpha value is -3.94. The third kappa shape index (κ3) is 3.14. The van der Waals surface area contributed by atoms with Crippen molar-refractivity contribution in [3.8, 4) is 11.3 Å². The van der Waals surface area contributed by atoms with Gasteiger partial charge in [0.2, 0.25) is 5.95 Å². The van der Waals surface area contributed by atoms with E-state index in [9.17, 15) is 4.39 Å². The van der Waals surface area contributed by atoms with Gasteiger partial charge in [-0.25, -0.2) is 24.3 Å². The van der Waals surface area contributed by atoms with Crippen molar-refractivity contribution in [2.24, 2.45) is 0 Å². The van der Waals surface area contributed by atoms with E-state index in [1.54, 1.807) is 24.5 Å². The first-order valence-corrected chi connectivity index (χ1v) is 9.11. The first kappa shape index (κ1) is 17.2. The van der Waals surface area contributed by atoms with E-state index >= 15 is 0 Å². The number of nitrogens with zero attached hydrogens (tertiary/aromatic N) is 5. The van der Waals surface area contributed by atoms with Gasteiger partial charge in [-0.15, -0.1) is 0 Å². The lowest BCUT2D eigenvalue weighted by atomic mass is 10.1. The van der Waals surface area contributed by atoms with Crippen molar-refractivity contribution in [3.05, 3.63) is 72.6 Å². The Kier molecular flexibility index (Phi) is 4.09. The van der Waals surface area contributed by atoms with Gasteiger partial charge in [-0.1, -0.05) is 24.3 Å². The Morgan fingerprint density at radius 2 is 1.93 bits per heavy atom. The van der Waals surface area contributed by atoms with E-state index < -0.39 is 0 Å². The highest BCUT2D eigenvalue weighted by atomic mass is 19.1. The maximum Gasteiger partial charge on any atom is 0.223 e. The summed E-state index contributed by atoms with van der Waals surface area (Å²) < 4.78 is 14.0. The highest BCUT2D eigenvalue weighted by molar-refractivity contribution is 5.93. The SMILES string of the molecule is C[C@@H](Nc1ncc2cc(-c3ncnc4[nH]ncc34)ccc2n1)c1ccccc1F. The summed E-state index contributed by atoms with van der Waals surface area (Å²) in [4.78, 5) is 17.5. The van der Waals surface area contributed by atoms with Gasteiger partial charge in [0.05, 0.1) is 28.8 Å². The molecule has 2 N–H and O–H groups in total. The summed E-state index contributed by atoms with van der Waals surface area (Å²) in [6.45, 7) is 1.88. The fourth-order valence-corrected chi connectivity index (χ4v) is 3.34. The Balaban J connectivity index is 1.47. The number of nitrogens with one attached hydrogen (secondary N) is 2. The average molecular weight is 385 g/mol. The first-order chi connectivity index (χ1) is 14.2. The van der Waals surface area contributed by atoms with Gasteiger partial charge in [-0.2, -0.15) is 5.10 Å². The molecule has 7 nitrogen and oxygen atoms in total. The number of H-pyrrole nitrogens is 1. The maximum absolute atomic E-state index is 14.0. The van der Waals surface area contributed by atoms with Gasteiger partial charge in [0.15, 0.2) is 5.65 Å². The van der Waals surface area contributed by atoms with Crippen molar-refractivity contribution in [1.82, 2.24) is 30.1 Å². The van der Waals surface area contributed by atoms with Crippen LogP contribution in [0.5, 0.6) is 0 Å². The molecule has 0 saturated heterocycles. The van der Waals surface area contributed by atoms with Crippen molar-refractivity contribution in [1.29, 1.82) is 0 Å². The molecule has 0 aliphatic carbocycles. The van der Waals surface area contributed by atoms with E-state index in [-0.39, 0.29) is 11.9 Å². The van der Waals surface area contributed by atoms with E-state index in [0.717, 1.165) is 27.5 Å². The molecular formula is C21H16FN7. The van der Waals surface area contributed by atoms with Crippen molar-refractivity contribution in [3.63, 3.8) is 0 Å². The van der Waals surface area contributed by atoms with Crippen LogP contribution in [0.3, 0.4) is 0 Å². The number of rotatable bonds is 4. The number of fused-ring (bicyclic) bond motifs is 2. The molecular weight excluding hydrogens is 369 g/mol. The van der Waals surface area contributed by atoms with Gasteiger partial charge < -0.3 is 5.32 Å². The number of anilines is 1. The van der Waals surface area contributed by atoms with Gasteiger partial charge >= 0.3 is 0 Å². The molecule has 0 amide bonds. The molecule has 3 heterocycles. The first-order valence-electron chi connectivity index (χ1n) is 9.11. The Morgan fingerprint density at radius 1 is 1.03 bits per heavy atom. The summed E-state index contributed by atoms with van der Waals surface area (Å²) in [6.07, 6.45) is 4.96. The molecule has 0 fully saturated rings. The van der Waals surface area contributed by atoms with Gasteiger partial charge in [-0.3, -0.25) is 5.10 Å². The zero-order valence-corrected chi connectivity index (χ0v) is 15.5. The van der Waals surface area contributed by atoms with Crippen LogP contribution in [0, 0.1) is 5.82 Å². The summed E-state index contributed by atoms with van der Waals surface area (Å²) in [6, 6.07) is 12.3. The third-order valence-corrected chi connectivity index (χ3v) is 4.82. The normalized spacial score (nSPS) is 12.3. The summed E-state index contributed by atoms with van der Waals surface area (Å²) in [5.41, 5.74) is 3.76. The fourth-order valence-electron chi connectivity index (χ4n) is 3.34. The lowest BCUT2D eigenvalue weighted by Crippen LogP contribution is -2.10. The number of hydrogen-bond acceptors (Lipinski definition) is 6. The van der Waals surface area contributed by atoms with Crippen LogP contribution in [-0.2, 0) is 0 Å². The second-order valence-corrected chi connectivity index (χ2v) is 6.71. The minimum Gasteiger partial charge on any atom is -0.348 e. The minimum absolute atomic E-state index is 0.256. The molecule has 0 bridgehead atoms. The number of benzene rings is 2. The minimum atomic E-state index is -0.261. The Morgan fingerprint density at radius 3 is 2.83 bits per heavy atom. The van der Waals surface area contributed by atoms with Gasteiger partial charge in [0.25, 0.3) is 0 Å². The molecule has 3 aromatic heterocycles. The summed E-state index contributed by atoms with van der Waals surface area (Å²) in [5.74, 6) is 0.189. The predicted molar refractivity (Wildman–Crippen MR) is 109 cm³/mol. The molecule has 0 unspecified atom stereocenters. The van der Waals surface area contributed by atoms with Crippen molar-refractivity contribution in [2.45, 2.75) is 13.0 Å². The molecule has 142 valence electrons. The zero-order valence-electron chi connectivity index (χ0n) is 15.5. The van der Waals surface area contributed by atoms with Gasteiger partial charge in [0, 0.05) is 22.7 Å². The van der Waals surface area contributed by atoms with Crippen molar-refractivity contribution < 1.29 is 4.39 Å². The van der Waals surface area contributed by atoms with Crippen LogP contribution in [0.2, 0.25) is 0 Å². The lowest BCUT2D eigenvalue weighted by Gasteiger charge is -2.15. The summed E-state index contributed by atoms with van der Waals surface area (Å²) in [7, 11) is 0. The molecule has 0 aliphatic heterocycles. The largest absolute Gasteiger partial charge is 0.348 e. The van der Waals surface area contributed by atoms with Crippen LogP contribution in [-0.4, -0.2) is 30.1 Å². The van der Waals surface area contributed by atoms with Crippen molar-refractivity contribution >= 4 is 27.9 Å². The van der Waals surface area contributed by atoms with Crippen LogP contribution < -0.4 is 5.32 Å². The van der Waals surface area contributed by atoms with E-state index in [0.29, 0.717) is 17.2 Å². The highest BCUT2D eigenvalue weighted by Crippen LogP contribution is 2.27. The quantitative estimate of drug-likeness (QED) is 0.480. The molecule has 0 radical (unpaired) electrons. The Labute approximate surface area is 165 Å². The molecule has 0 aliphatic rings. The standard InChI is InChI=1S/C21H16FN7/c1-12(15-4-2-3-5-17(15)22)27-21-23-9-14-8-13(6-7-18(14)28-21)19-16-10-26-29-20(16)25-11-24-19/h2-12H,1H3,(H,23,27,28)(H,24,25,26,29)/t12-/m1/s1. The number of hydrogen-bond donors (Lipinski definition) is 2. The van der Waals surface area contributed by atoms with Crippen LogP contribution in [0.1, 0.15) is 18.5 Å². The van der Waals surface area contributed by atoms with Crippen molar-refractivity contribution in [2.75, 3.05) is 5.32 Å². The Bertz CT molecular complexity index is 1330. The van der Waals surface area contributed by atoms with E-state index in [1.165, 1.54) is 12.4 Å². The predicted octanol–water partition coefficient (Wildman–Crippen LogP) is 4.28. The van der Waals surface area contributed by atoms with Gasteiger partial charge in [0.1, 0.15) is 12.1 Å². The van der Waals surface area contributed by atoms with E-state index in [1.807, 2.05) is 31.2 Å². The topological polar surface area (TPSA) is 92.3 Å². The van der Waals surface area contributed by atoms with Crippen LogP contribution in [0.4, 0.5) is 10.3 Å². The van der Waals surface area contributed by atoms with E-state index in [2.05, 4.69) is 35.5 Å². The maximum atomic E-state index is 14.0. The smallest absolute Gasteiger partial charge is 0.223 e. The fraction of sp³-hybridized carbons (Fsp3) is 0.0952. The molecule has 0 saturated carbocycles. The van der Waals surface area contributed by atoms with Gasteiger partial charge in [-0.05, 0) is 25.1 Å².